The number of nitrogens with zero attached hydrogens (tertiary/aromatic N) is 2. The van der Waals surface area contributed by atoms with Crippen molar-refractivity contribution >= 4 is 28.4 Å². The minimum Gasteiger partial charge on any atom is -0.478 e. The van der Waals surface area contributed by atoms with Crippen LogP contribution in [0.15, 0.2) is 0 Å². The minimum absolute atomic E-state index is 0.0859. The molecule has 1 heterocycles. The van der Waals surface area contributed by atoms with Crippen molar-refractivity contribution in [2.24, 2.45) is 0 Å². The van der Waals surface area contributed by atoms with Gasteiger partial charge >= 0.3 is 5.97 Å². The van der Waals surface area contributed by atoms with E-state index in [1.165, 1.54) is 4.90 Å². The Balaban J connectivity index is 3.16. The van der Waals surface area contributed by atoms with Crippen LogP contribution in [0.2, 0.25) is 0 Å². The van der Waals surface area contributed by atoms with Crippen molar-refractivity contribution < 1.29 is 14.7 Å². The molecule has 0 saturated carbocycles. The smallest absolute Gasteiger partial charge is 0.340 e. The van der Waals surface area contributed by atoms with Crippen LogP contribution in [0.3, 0.4) is 0 Å². The Morgan fingerprint density at radius 2 is 2.00 bits per heavy atom. The summed E-state index contributed by atoms with van der Waals surface area (Å²) in [4.78, 5) is 24.7. The number of carboxylic acid groups (broad SMARTS) is 1. The Labute approximate surface area is 110 Å². The van der Waals surface area contributed by atoms with E-state index in [-0.39, 0.29) is 11.5 Å². The van der Waals surface area contributed by atoms with E-state index in [4.69, 9.17) is 5.11 Å². The second-order valence-corrected chi connectivity index (χ2v) is 5.24. The van der Waals surface area contributed by atoms with Crippen molar-refractivity contribution in [2.75, 3.05) is 19.0 Å². The van der Waals surface area contributed by atoms with E-state index < -0.39 is 11.5 Å². The number of carboxylic acids is 1. The van der Waals surface area contributed by atoms with Gasteiger partial charge in [-0.1, -0.05) is 0 Å². The lowest BCUT2D eigenvalue weighted by Crippen LogP contribution is -2.51. The van der Waals surface area contributed by atoms with E-state index in [9.17, 15) is 9.59 Å². The van der Waals surface area contributed by atoms with Crippen molar-refractivity contribution in [3.63, 3.8) is 0 Å². The summed E-state index contributed by atoms with van der Waals surface area (Å²) in [5.74, 6) is -1.28. The van der Waals surface area contributed by atoms with E-state index in [1.54, 1.807) is 34.9 Å². The zero-order valence-electron chi connectivity index (χ0n) is 11.1. The average Bonchev–Trinajstić information content (AvgIpc) is 2.69. The second kappa shape index (κ2) is 5.03. The van der Waals surface area contributed by atoms with Gasteiger partial charge in [0.25, 0.3) is 0 Å². The summed E-state index contributed by atoms with van der Waals surface area (Å²) in [6.45, 7) is 5.09. The van der Waals surface area contributed by atoms with Gasteiger partial charge in [0, 0.05) is 7.05 Å². The number of aromatic nitrogens is 1. The number of anilines is 1. The summed E-state index contributed by atoms with van der Waals surface area (Å²) < 4.78 is 4.00. The Bertz CT molecular complexity index is 482. The molecule has 0 unspecified atom stereocenters. The fourth-order valence-electron chi connectivity index (χ4n) is 1.45. The maximum Gasteiger partial charge on any atom is 0.340 e. The maximum atomic E-state index is 12.2. The first-order valence-corrected chi connectivity index (χ1v) is 6.16. The molecule has 1 aromatic heterocycles. The molecule has 0 bridgehead atoms. The topological polar surface area (TPSA) is 82.5 Å². The molecule has 0 spiro atoms. The van der Waals surface area contributed by atoms with E-state index in [1.807, 2.05) is 0 Å². The fourth-order valence-corrected chi connectivity index (χ4v) is 2.30. The number of rotatable bonds is 4. The van der Waals surface area contributed by atoms with Crippen LogP contribution in [0.25, 0.3) is 0 Å². The van der Waals surface area contributed by atoms with Gasteiger partial charge in [-0.2, -0.15) is 4.37 Å². The lowest BCUT2D eigenvalue weighted by Gasteiger charge is -2.28. The largest absolute Gasteiger partial charge is 0.478 e. The van der Waals surface area contributed by atoms with Crippen molar-refractivity contribution in [1.82, 2.24) is 9.69 Å². The molecule has 1 aromatic rings. The summed E-state index contributed by atoms with van der Waals surface area (Å²) in [5.41, 5.74) is -0.255. The Hall–Kier alpha value is -1.47. The molecule has 0 aliphatic rings. The van der Waals surface area contributed by atoms with E-state index >= 15 is 0 Å². The first kappa shape index (κ1) is 14.6. The second-order valence-electron chi connectivity index (χ2n) is 4.49. The number of nitrogens with one attached hydrogen (secondary N) is 1. The van der Waals surface area contributed by atoms with Gasteiger partial charge in [0.1, 0.15) is 10.6 Å². The summed E-state index contributed by atoms with van der Waals surface area (Å²) in [7, 11) is 3.24. The van der Waals surface area contributed by atoms with E-state index in [2.05, 4.69) is 9.69 Å². The first-order valence-electron chi connectivity index (χ1n) is 5.39. The molecule has 6 nitrogen and oxygen atoms in total. The molecule has 2 N–H and O–H groups in total. The highest BCUT2D eigenvalue weighted by Gasteiger charge is 2.32. The van der Waals surface area contributed by atoms with Crippen LogP contribution in [0.5, 0.6) is 0 Å². The standard InChI is InChI=1S/C11H17N3O3S/c1-6-7(9(15)16)8(18-13-6)14(5)10(17)11(2,3)12-4/h12H,1-5H3,(H,15,16). The molecule has 1 rings (SSSR count). The van der Waals surface area contributed by atoms with Crippen LogP contribution in [0.4, 0.5) is 5.00 Å². The molecule has 1 amide bonds. The molecule has 0 aliphatic carbocycles. The predicted molar refractivity (Wildman–Crippen MR) is 70.4 cm³/mol. The van der Waals surface area contributed by atoms with Gasteiger partial charge in [0.2, 0.25) is 5.91 Å². The number of carbonyl (C=O) groups is 2. The Morgan fingerprint density at radius 1 is 1.44 bits per heavy atom. The molecular weight excluding hydrogens is 254 g/mol. The number of aryl methyl sites for hydroxylation is 1. The molecule has 0 radical (unpaired) electrons. The van der Waals surface area contributed by atoms with Gasteiger partial charge in [-0.25, -0.2) is 4.79 Å². The van der Waals surface area contributed by atoms with Crippen molar-refractivity contribution in [2.45, 2.75) is 26.3 Å². The SMILES string of the molecule is CNC(C)(C)C(=O)N(C)c1snc(C)c1C(=O)O. The van der Waals surface area contributed by atoms with E-state index in [0.29, 0.717) is 10.7 Å². The third-order valence-electron chi connectivity index (χ3n) is 2.83. The van der Waals surface area contributed by atoms with Gasteiger partial charge in [0.05, 0.1) is 11.2 Å². The van der Waals surface area contributed by atoms with Gasteiger partial charge in [-0.15, -0.1) is 0 Å². The molecule has 7 heteroatoms. The third-order valence-corrected chi connectivity index (χ3v) is 3.84. The highest BCUT2D eigenvalue weighted by molar-refractivity contribution is 7.11. The molecule has 0 atom stereocenters. The normalized spacial score (nSPS) is 11.4. The minimum atomic E-state index is -1.07. The molecule has 0 aliphatic heterocycles. The maximum absolute atomic E-state index is 12.2. The summed E-state index contributed by atoms with van der Waals surface area (Å²) in [5, 5.41) is 12.4. The highest BCUT2D eigenvalue weighted by atomic mass is 32.1. The number of carbonyl (C=O) groups excluding carboxylic acids is 1. The van der Waals surface area contributed by atoms with Crippen molar-refractivity contribution in [3.05, 3.63) is 11.3 Å². The molecule has 100 valence electrons. The summed E-state index contributed by atoms with van der Waals surface area (Å²) in [6.07, 6.45) is 0. The Morgan fingerprint density at radius 3 is 2.44 bits per heavy atom. The van der Waals surface area contributed by atoms with Crippen molar-refractivity contribution in [1.29, 1.82) is 0 Å². The molecule has 0 aromatic carbocycles. The van der Waals surface area contributed by atoms with Gasteiger partial charge < -0.3 is 15.3 Å². The van der Waals surface area contributed by atoms with Crippen LogP contribution in [-0.2, 0) is 4.79 Å². The highest BCUT2D eigenvalue weighted by Crippen LogP contribution is 2.29. The molecular formula is C11H17N3O3S. The van der Waals surface area contributed by atoms with Crippen LogP contribution >= 0.6 is 11.5 Å². The monoisotopic (exact) mass is 271 g/mol. The lowest BCUT2D eigenvalue weighted by atomic mass is 10.0. The zero-order chi connectivity index (χ0) is 14.1. The summed E-state index contributed by atoms with van der Waals surface area (Å²) in [6, 6.07) is 0. The molecule has 0 saturated heterocycles. The van der Waals surface area contributed by atoms with Crippen molar-refractivity contribution in [3.8, 4) is 0 Å². The predicted octanol–water partition coefficient (Wildman–Crippen LogP) is 1.11. The summed E-state index contributed by atoms with van der Waals surface area (Å²) >= 11 is 1.01. The quantitative estimate of drug-likeness (QED) is 0.857. The first-order chi connectivity index (χ1) is 8.22. The van der Waals surface area contributed by atoms with Gasteiger partial charge in [0.15, 0.2) is 0 Å². The number of hydrogen-bond donors (Lipinski definition) is 2. The average molecular weight is 271 g/mol. The van der Waals surface area contributed by atoms with Crippen LogP contribution < -0.4 is 10.2 Å². The third kappa shape index (κ3) is 2.51. The molecule has 18 heavy (non-hydrogen) atoms. The zero-order valence-corrected chi connectivity index (χ0v) is 11.9. The van der Waals surface area contributed by atoms with Crippen LogP contribution in [0.1, 0.15) is 29.9 Å². The number of likely N-dealkylation sites (N-methyl/N-ethyl adjacent to an activating group) is 2. The number of amides is 1. The Kier molecular flexibility index (Phi) is 4.08. The van der Waals surface area contributed by atoms with Gasteiger partial charge in [-0.05, 0) is 39.4 Å². The van der Waals surface area contributed by atoms with E-state index in [0.717, 1.165) is 11.5 Å². The lowest BCUT2D eigenvalue weighted by molar-refractivity contribution is -0.123. The fraction of sp³-hybridized carbons (Fsp3) is 0.545. The number of hydrogen-bond acceptors (Lipinski definition) is 5. The number of aromatic carboxylic acids is 1. The van der Waals surface area contributed by atoms with Gasteiger partial charge in [-0.3, -0.25) is 4.79 Å². The van der Waals surface area contributed by atoms with Crippen LogP contribution in [0, 0.1) is 6.92 Å². The molecule has 0 fully saturated rings. The van der Waals surface area contributed by atoms with Crippen LogP contribution in [-0.4, -0.2) is 41.0 Å².